The van der Waals surface area contributed by atoms with E-state index in [1.807, 2.05) is 0 Å². The molecule has 0 aliphatic heterocycles. The lowest BCUT2D eigenvalue weighted by atomic mass is 9.88. The predicted octanol–water partition coefficient (Wildman–Crippen LogP) is 3.56. The molecule has 0 aromatic heterocycles. The van der Waals surface area contributed by atoms with Gasteiger partial charge in [-0.2, -0.15) is 0 Å². The second-order valence-corrected chi connectivity index (χ2v) is 4.90. The molecule has 92 valence electrons. The number of hydrogen-bond donors (Lipinski definition) is 2. The molecular formula is C13H16ClNO2. The number of halogens is 1. The zero-order chi connectivity index (χ0) is 12.3. The third-order valence-electron chi connectivity index (χ3n) is 3.19. The van der Waals surface area contributed by atoms with Crippen molar-refractivity contribution in [3.05, 3.63) is 23.2 Å². The number of phenols is 1. The maximum Gasteiger partial charge on any atom is 0.227 e. The smallest absolute Gasteiger partial charge is 0.227 e. The van der Waals surface area contributed by atoms with Crippen molar-refractivity contribution in [1.82, 2.24) is 0 Å². The van der Waals surface area contributed by atoms with Crippen LogP contribution in [0.2, 0.25) is 5.02 Å². The summed E-state index contributed by atoms with van der Waals surface area (Å²) in [7, 11) is 0. The fourth-order valence-electron chi connectivity index (χ4n) is 2.20. The lowest BCUT2D eigenvalue weighted by Crippen LogP contribution is -2.24. The third-order valence-corrected chi connectivity index (χ3v) is 3.51. The summed E-state index contributed by atoms with van der Waals surface area (Å²) >= 11 is 5.70. The van der Waals surface area contributed by atoms with Gasteiger partial charge >= 0.3 is 0 Å². The van der Waals surface area contributed by atoms with Gasteiger partial charge in [0, 0.05) is 17.7 Å². The van der Waals surface area contributed by atoms with Gasteiger partial charge in [0.1, 0.15) is 5.75 Å². The minimum atomic E-state index is -0.00638. The van der Waals surface area contributed by atoms with E-state index in [0.717, 1.165) is 25.7 Å². The SMILES string of the molecule is O=C(Nc1ccc(Cl)c(O)c1)C1CCCCC1. The Labute approximate surface area is 106 Å². The molecule has 0 unspecified atom stereocenters. The van der Waals surface area contributed by atoms with E-state index in [9.17, 15) is 9.90 Å². The normalized spacial score (nSPS) is 16.8. The first kappa shape index (κ1) is 12.2. The van der Waals surface area contributed by atoms with E-state index in [1.165, 1.54) is 12.5 Å². The minimum absolute atomic E-state index is 0.00638. The van der Waals surface area contributed by atoms with Crippen molar-refractivity contribution in [3.63, 3.8) is 0 Å². The number of carbonyl (C=O) groups is 1. The summed E-state index contributed by atoms with van der Waals surface area (Å²) in [4.78, 5) is 11.9. The first-order chi connectivity index (χ1) is 8.16. The van der Waals surface area contributed by atoms with Crippen molar-refractivity contribution in [2.75, 3.05) is 5.32 Å². The second kappa shape index (κ2) is 5.41. The molecule has 0 bridgehead atoms. The Kier molecular flexibility index (Phi) is 3.89. The highest BCUT2D eigenvalue weighted by atomic mass is 35.5. The molecule has 4 heteroatoms. The zero-order valence-electron chi connectivity index (χ0n) is 9.58. The standard InChI is InChI=1S/C13H16ClNO2/c14-11-7-6-10(8-12(11)16)15-13(17)9-4-2-1-3-5-9/h6-9,16H,1-5H2,(H,15,17). The maximum atomic E-state index is 11.9. The lowest BCUT2D eigenvalue weighted by Gasteiger charge is -2.20. The first-order valence-corrected chi connectivity index (χ1v) is 6.34. The highest BCUT2D eigenvalue weighted by Crippen LogP contribution is 2.28. The van der Waals surface area contributed by atoms with E-state index in [1.54, 1.807) is 12.1 Å². The van der Waals surface area contributed by atoms with Crippen molar-refractivity contribution < 1.29 is 9.90 Å². The van der Waals surface area contributed by atoms with Crippen LogP contribution in [0.1, 0.15) is 32.1 Å². The van der Waals surface area contributed by atoms with E-state index in [4.69, 9.17) is 11.6 Å². The topological polar surface area (TPSA) is 49.3 Å². The molecule has 1 aromatic carbocycles. The number of phenolic OH excluding ortho intramolecular Hbond substituents is 1. The van der Waals surface area contributed by atoms with Gasteiger partial charge in [-0.05, 0) is 25.0 Å². The summed E-state index contributed by atoms with van der Waals surface area (Å²) in [5.74, 6) is 0.154. The number of anilines is 1. The summed E-state index contributed by atoms with van der Waals surface area (Å²) < 4.78 is 0. The Balaban J connectivity index is 1.99. The van der Waals surface area contributed by atoms with Crippen LogP contribution in [0.5, 0.6) is 5.75 Å². The van der Waals surface area contributed by atoms with Crippen LogP contribution in [0.15, 0.2) is 18.2 Å². The quantitative estimate of drug-likeness (QED) is 0.847. The average Bonchev–Trinajstić information content (AvgIpc) is 2.35. The molecule has 0 atom stereocenters. The molecule has 0 radical (unpaired) electrons. The number of aromatic hydroxyl groups is 1. The van der Waals surface area contributed by atoms with Gasteiger partial charge in [0.15, 0.2) is 0 Å². The van der Waals surface area contributed by atoms with Crippen LogP contribution in [0.4, 0.5) is 5.69 Å². The largest absolute Gasteiger partial charge is 0.506 e. The van der Waals surface area contributed by atoms with Gasteiger partial charge in [-0.1, -0.05) is 30.9 Å². The van der Waals surface area contributed by atoms with Crippen molar-refractivity contribution in [1.29, 1.82) is 0 Å². The monoisotopic (exact) mass is 253 g/mol. The summed E-state index contributed by atoms with van der Waals surface area (Å²) in [5.41, 5.74) is 0.600. The molecule has 2 N–H and O–H groups in total. The lowest BCUT2D eigenvalue weighted by molar-refractivity contribution is -0.120. The van der Waals surface area contributed by atoms with Crippen molar-refractivity contribution in [2.45, 2.75) is 32.1 Å². The third kappa shape index (κ3) is 3.13. The molecule has 1 amide bonds. The van der Waals surface area contributed by atoms with Gasteiger partial charge in [0.25, 0.3) is 0 Å². The summed E-state index contributed by atoms with van der Waals surface area (Å²) in [6.07, 6.45) is 5.41. The Morgan fingerprint density at radius 3 is 2.65 bits per heavy atom. The molecule has 17 heavy (non-hydrogen) atoms. The van der Waals surface area contributed by atoms with Gasteiger partial charge < -0.3 is 10.4 Å². The summed E-state index contributed by atoms with van der Waals surface area (Å²) in [6, 6.07) is 4.75. The number of amides is 1. The molecule has 1 aromatic rings. The zero-order valence-corrected chi connectivity index (χ0v) is 10.3. The molecule has 0 saturated heterocycles. The van der Waals surface area contributed by atoms with Gasteiger partial charge in [0.05, 0.1) is 5.02 Å². The molecule has 3 nitrogen and oxygen atoms in total. The number of rotatable bonds is 2. The van der Waals surface area contributed by atoms with Gasteiger partial charge in [-0.15, -0.1) is 0 Å². The number of nitrogens with one attached hydrogen (secondary N) is 1. The van der Waals surface area contributed by atoms with Gasteiger partial charge in [0.2, 0.25) is 5.91 Å². The fourth-order valence-corrected chi connectivity index (χ4v) is 2.32. The second-order valence-electron chi connectivity index (χ2n) is 4.49. The van der Waals surface area contributed by atoms with Gasteiger partial charge in [-0.3, -0.25) is 4.79 Å². The first-order valence-electron chi connectivity index (χ1n) is 5.96. The average molecular weight is 254 g/mol. The Bertz CT molecular complexity index is 414. The fraction of sp³-hybridized carbons (Fsp3) is 0.462. The molecule has 0 spiro atoms. The molecule has 1 aliphatic rings. The number of hydrogen-bond acceptors (Lipinski definition) is 2. The Hall–Kier alpha value is -1.22. The minimum Gasteiger partial charge on any atom is -0.506 e. The molecule has 1 saturated carbocycles. The number of benzene rings is 1. The highest BCUT2D eigenvalue weighted by molar-refractivity contribution is 6.32. The van der Waals surface area contributed by atoms with E-state index in [2.05, 4.69) is 5.32 Å². The molecule has 0 heterocycles. The van der Waals surface area contributed by atoms with Crippen LogP contribution in [0.3, 0.4) is 0 Å². The van der Waals surface area contributed by atoms with Crippen LogP contribution < -0.4 is 5.32 Å². The van der Waals surface area contributed by atoms with Crippen LogP contribution >= 0.6 is 11.6 Å². The maximum absolute atomic E-state index is 11.9. The number of carbonyl (C=O) groups excluding carboxylic acids is 1. The Morgan fingerprint density at radius 2 is 2.00 bits per heavy atom. The highest BCUT2D eigenvalue weighted by Gasteiger charge is 2.21. The summed E-state index contributed by atoms with van der Waals surface area (Å²) in [5, 5.41) is 12.6. The molecule has 1 aliphatic carbocycles. The van der Waals surface area contributed by atoms with Crippen LogP contribution in [-0.2, 0) is 4.79 Å². The van der Waals surface area contributed by atoms with E-state index in [0.29, 0.717) is 10.7 Å². The van der Waals surface area contributed by atoms with Crippen LogP contribution in [0, 0.1) is 5.92 Å². The predicted molar refractivity (Wildman–Crippen MR) is 68.3 cm³/mol. The van der Waals surface area contributed by atoms with E-state index < -0.39 is 0 Å². The van der Waals surface area contributed by atoms with E-state index in [-0.39, 0.29) is 17.6 Å². The Morgan fingerprint density at radius 1 is 1.29 bits per heavy atom. The van der Waals surface area contributed by atoms with Crippen molar-refractivity contribution in [3.8, 4) is 5.75 Å². The summed E-state index contributed by atoms with van der Waals surface area (Å²) in [6.45, 7) is 0. The van der Waals surface area contributed by atoms with Crippen LogP contribution in [0.25, 0.3) is 0 Å². The molecule has 1 fully saturated rings. The van der Waals surface area contributed by atoms with Crippen molar-refractivity contribution >= 4 is 23.2 Å². The molecule has 2 rings (SSSR count). The molecular weight excluding hydrogens is 238 g/mol. The van der Waals surface area contributed by atoms with Gasteiger partial charge in [-0.25, -0.2) is 0 Å². The van der Waals surface area contributed by atoms with E-state index >= 15 is 0 Å². The van der Waals surface area contributed by atoms with Crippen molar-refractivity contribution in [2.24, 2.45) is 5.92 Å². The van der Waals surface area contributed by atoms with Crippen LogP contribution in [-0.4, -0.2) is 11.0 Å².